The number of nitrogens with one attached hydrogen (secondary N) is 2. The van der Waals surface area contributed by atoms with Gasteiger partial charge >= 0.3 is 6.03 Å². The number of amides is 2. The van der Waals surface area contributed by atoms with Crippen molar-refractivity contribution in [1.82, 2.24) is 10.6 Å². The third-order valence-electron chi connectivity index (χ3n) is 4.40. The van der Waals surface area contributed by atoms with E-state index in [9.17, 15) is 4.79 Å². The molecule has 0 aromatic carbocycles. The van der Waals surface area contributed by atoms with Crippen molar-refractivity contribution < 1.29 is 4.79 Å². The standard InChI is InChI=1S/C15H31N3O/c1-4-9-17-15(19)18-10-14(16)13-7-5-12(6-8-13)11(2)3/h11-14H,4-10,16H2,1-3H3,(H2,17,18,19). The summed E-state index contributed by atoms with van der Waals surface area (Å²) in [6.07, 6.45) is 5.96. The van der Waals surface area contributed by atoms with Crippen LogP contribution in [0, 0.1) is 17.8 Å². The molecular formula is C15H31N3O. The van der Waals surface area contributed by atoms with E-state index >= 15 is 0 Å². The maximum atomic E-state index is 11.5. The van der Waals surface area contributed by atoms with Gasteiger partial charge in [0.15, 0.2) is 0 Å². The Morgan fingerprint density at radius 3 is 2.26 bits per heavy atom. The van der Waals surface area contributed by atoms with Gasteiger partial charge in [0, 0.05) is 19.1 Å². The van der Waals surface area contributed by atoms with Gasteiger partial charge in [-0.05, 0) is 49.9 Å². The first-order chi connectivity index (χ1) is 9.04. The van der Waals surface area contributed by atoms with E-state index in [1.807, 2.05) is 6.92 Å². The number of carbonyl (C=O) groups is 1. The molecule has 1 saturated carbocycles. The zero-order chi connectivity index (χ0) is 14.3. The Bertz CT molecular complexity index is 260. The number of urea groups is 1. The van der Waals surface area contributed by atoms with Crippen LogP contribution in [0.5, 0.6) is 0 Å². The van der Waals surface area contributed by atoms with Gasteiger partial charge in [0.1, 0.15) is 0 Å². The van der Waals surface area contributed by atoms with Crippen molar-refractivity contribution in [2.45, 2.75) is 58.9 Å². The molecule has 4 nitrogen and oxygen atoms in total. The van der Waals surface area contributed by atoms with E-state index in [0.717, 1.165) is 24.8 Å². The molecule has 4 N–H and O–H groups in total. The van der Waals surface area contributed by atoms with Gasteiger partial charge in [-0.15, -0.1) is 0 Å². The summed E-state index contributed by atoms with van der Waals surface area (Å²) >= 11 is 0. The molecule has 0 radical (unpaired) electrons. The fourth-order valence-corrected chi connectivity index (χ4v) is 2.92. The van der Waals surface area contributed by atoms with E-state index in [0.29, 0.717) is 12.5 Å². The lowest BCUT2D eigenvalue weighted by atomic mass is 9.75. The lowest BCUT2D eigenvalue weighted by Gasteiger charge is -2.34. The Kier molecular flexibility index (Phi) is 7.21. The minimum absolute atomic E-state index is 0.0897. The van der Waals surface area contributed by atoms with Crippen molar-refractivity contribution in [1.29, 1.82) is 0 Å². The average molecular weight is 269 g/mol. The van der Waals surface area contributed by atoms with Crippen molar-refractivity contribution in [2.75, 3.05) is 13.1 Å². The minimum atomic E-state index is -0.0897. The average Bonchev–Trinajstić information content (AvgIpc) is 2.42. The van der Waals surface area contributed by atoms with Crippen LogP contribution >= 0.6 is 0 Å². The maximum absolute atomic E-state index is 11.5. The molecule has 2 amide bonds. The predicted molar refractivity (Wildman–Crippen MR) is 80.0 cm³/mol. The van der Waals surface area contributed by atoms with Crippen LogP contribution in [0.4, 0.5) is 4.79 Å². The first kappa shape index (κ1) is 16.3. The summed E-state index contributed by atoms with van der Waals surface area (Å²) in [4.78, 5) is 11.5. The van der Waals surface area contributed by atoms with Gasteiger partial charge in [-0.25, -0.2) is 4.79 Å². The van der Waals surface area contributed by atoms with Gasteiger partial charge in [0.2, 0.25) is 0 Å². The van der Waals surface area contributed by atoms with E-state index < -0.39 is 0 Å². The highest BCUT2D eigenvalue weighted by Crippen LogP contribution is 2.34. The highest BCUT2D eigenvalue weighted by atomic mass is 16.2. The normalized spacial score (nSPS) is 25.1. The van der Waals surface area contributed by atoms with Crippen molar-refractivity contribution in [3.63, 3.8) is 0 Å². The lowest BCUT2D eigenvalue weighted by Crippen LogP contribution is -2.46. The van der Waals surface area contributed by atoms with Gasteiger partial charge in [0.05, 0.1) is 0 Å². The second-order valence-electron chi connectivity index (χ2n) is 6.22. The number of hydrogen-bond donors (Lipinski definition) is 3. The largest absolute Gasteiger partial charge is 0.338 e. The molecule has 4 heteroatoms. The molecule has 112 valence electrons. The molecule has 0 aromatic rings. The van der Waals surface area contributed by atoms with Crippen molar-refractivity contribution in [3.05, 3.63) is 0 Å². The summed E-state index contributed by atoms with van der Waals surface area (Å²) in [5, 5.41) is 5.68. The molecule has 0 bridgehead atoms. The van der Waals surface area contributed by atoms with Crippen molar-refractivity contribution in [2.24, 2.45) is 23.5 Å². The van der Waals surface area contributed by atoms with Crippen molar-refractivity contribution >= 4 is 6.03 Å². The summed E-state index contributed by atoms with van der Waals surface area (Å²) < 4.78 is 0. The summed E-state index contributed by atoms with van der Waals surface area (Å²) in [7, 11) is 0. The molecule has 1 aliphatic rings. The van der Waals surface area contributed by atoms with Crippen LogP contribution in [0.15, 0.2) is 0 Å². The number of hydrogen-bond acceptors (Lipinski definition) is 2. The molecule has 1 unspecified atom stereocenters. The molecule has 0 spiro atoms. The van der Waals surface area contributed by atoms with Crippen LogP contribution in [0.2, 0.25) is 0 Å². The summed E-state index contributed by atoms with van der Waals surface area (Å²) in [5.74, 6) is 2.22. The molecule has 1 fully saturated rings. The second-order valence-corrected chi connectivity index (χ2v) is 6.22. The first-order valence-corrected chi connectivity index (χ1v) is 7.81. The second kappa shape index (κ2) is 8.41. The van der Waals surface area contributed by atoms with Gasteiger partial charge in [-0.3, -0.25) is 0 Å². The molecule has 0 aliphatic heterocycles. The summed E-state index contributed by atoms with van der Waals surface area (Å²) in [6, 6.07) is 0.00801. The molecule has 1 aliphatic carbocycles. The Hall–Kier alpha value is -0.770. The molecule has 0 heterocycles. The summed E-state index contributed by atoms with van der Waals surface area (Å²) in [6.45, 7) is 7.97. The van der Waals surface area contributed by atoms with Gasteiger partial charge in [0.25, 0.3) is 0 Å². The lowest BCUT2D eigenvalue weighted by molar-refractivity contribution is 0.199. The van der Waals surface area contributed by atoms with E-state index in [2.05, 4.69) is 24.5 Å². The van der Waals surface area contributed by atoms with E-state index in [1.165, 1.54) is 25.7 Å². The monoisotopic (exact) mass is 269 g/mol. The Morgan fingerprint density at radius 2 is 1.74 bits per heavy atom. The van der Waals surface area contributed by atoms with Gasteiger partial charge < -0.3 is 16.4 Å². The smallest absolute Gasteiger partial charge is 0.314 e. The van der Waals surface area contributed by atoms with Crippen LogP contribution in [0.25, 0.3) is 0 Å². The molecule has 19 heavy (non-hydrogen) atoms. The van der Waals surface area contributed by atoms with E-state index in [4.69, 9.17) is 5.73 Å². The Labute approximate surface area is 117 Å². The minimum Gasteiger partial charge on any atom is -0.338 e. The third kappa shape index (κ3) is 5.81. The number of rotatable bonds is 6. The van der Waals surface area contributed by atoms with Crippen LogP contribution in [0.1, 0.15) is 52.9 Å². The third-order valence-corrected chi connectivity index (χ3v) is 4.40. The zero-order valence-electron chi connectivity index (χ0n) is 12.7. The molecule has 1 rings (SSSR count). The molecule has 0 aromatic heterocycles. The highest BCUT2D eigenvalue weighted by molar-refractivity contribution is 5.73. The molecule has 0 saturated heterocycles. The van der Waals surface area contributed by atoms with Crippen LogP contribution in [-0.2, 0) is 0 Å². The van der Waals surface area contributed by atoms with Crippen LogP contribution in [0.3, 0.4) is 0 Å². The molecule has 1 atom stereocenters. The Morgan fingerprint density at radius 1 is 1.16 bits per heavy atom. The van der Waals surface area contributed by atoms with Gasteiger partial charge in [-0.2, -0.15) is 0 Å². The topological polar surface area (TPSA) is 67.2 Å². The van der Waals surface area contributed by atoms with Crippen LogP contribution in [-0.4, -0.2) is 25.2 Å². The molecular weight excluding hydrogens is 238 g/mol. The number of carbonyl (C=O) groups excluding carboxylic acids is 1. The summed E-state index contributed by atoms with van der Waals surface area (Å²) in [5.41, 5.74) is 6.20. The van der Waals surface area contributed by atoms with E-state index in [1.54, 1.807) is 0 Å². The maximum Gasteiger partial charge on any atom is 0.314 e. The quantitative estimate of drug-likeness (QED) is 0.693. The van der Waals surface area contributed by atoms with Crippen LogP contribution < -0.4 is 16.4 Å². The fourth-order valence-electron chi connectivity index (χ4n) is 2.92. The number of nitrogens with two attached hydrogens (primary N) is 1. The predicted octanol–water partition coefficient (Wildman–Crippen LogP) is 2.49. The first-order valence-electron chi connectivity index (χ1n) is 7.81. The highest BCUT2D eigenvalue weighted by Gasteiger charge is 2.26. The fraction of sp³-hybridized carbons (Fsp3) is 0.933. The zero-order valence-corrected chi connectivity index (χ0v) is 12.7. The Balaban J connectivity index is 2.20. The van der Waals surface area contributed by atoms with Crippen molar-refractivity contribution in [3.8, 4) is 0 Å². The van der Waals surface area contributed by atoms with E-state index in [-0.39, 0.29) is 12.1 Å². The SMILES string of the molecule is CCCNC(=O)NCC(N)C1CCC(C(C)C)CC1. The van der Waals surface area contributed by atoms with Gasteiger partial charge in [-0.1, -0.05) is 20.8 Å².